The average molecular weight is 239 g/mol. The lowest BCUT2D eigenvalue weighted by atomic mass is 10.2. The van der Waals surface area contributed by atoms with Crippen LogP contribution in [0.3, 0.4) is 0 Å². The highest BCUT2D eigenvalue weighted by molar-refractivity contribution is 5.87. The molecule has 2 atom stereocenters. The molecule has 6 heteroatoms. The Labute approximate surface area is 97.5 Å². The number of carboxylic acids is 1. The van der Waals surface area contributed by atoms with Crippen LogP contribution in [0.2, 0.25) is 0 Å². The molecule has 0 saturated heterocycles. The summed E-state index contributed by atoms with van der Waals surface area (Å²) in [6, 6.07) is 8.91. The zero-order valence-corrected chi connectivity index (χ0v) is 8.91. The molecule has 1 amide bonds. The van der Waals surface area contributed by atoms with Crippen molar-refractivity contribution < 1.29 is 24.9 Å². The molecule has 6 nitrogen and oxygen atoms in total. The summed E-state index contributed by atoms with van der Waals surface area (Å²) in [5.41, 5.74) is 0.804. The van der Waals surface area contributed by atoms with E-state index in [0.29, 0.717) is 0 Å². The molecule has 1 aromatic carbocycles. The van der Waals surface area contributed by atoms with Gasteiger partial charge in [0.1, 0.15) is 0 Å². The maximum atomic E-state index is 11.3. The monoisotopic (exact) mass is 239 g/mol. The fourth-order valence-electron chi connectivity index (χ4n) is 1.17. The van der Waals surface area contributed by atoms with Crippen LogP contribution < -0.4 is 5.32 Å². The van der Waals surface area contributed by atoms with Crippen LogP contribution in [0.15, 0.2) is 30.3 Å². The minimum absolute atomic E-state index is 0.156. The SMILES string of the molecule is O=C(O)C(O)C(O)C(=O)NCc1ccccc1. The number of aliphatic hydroxyl groups is 2. The molecule has 0 fully saturated rings. The minimum Gasteiger partial charge on any atom is -0.479 e. The summed E-state index contributed by atoms with van der Waals surface area (Å²) < 4.78 is 0. The summed E-state index contributed by atoms with van der Waals surface area (Å²) in [7, 11) is 0. The number of benzene rings is 1. The van der Waals surface area contributed by atoms with Crippen LogP contribution in [0.25, 0.3) is 0 Å². The third kappa shape index (κ3) is 3.86. The zero-order valence-electron chi connectivity index (χ0n) is 8.91. The number of rotatable bonds is 5. The Morgan fingerprint density at radius 3 is 2.24 bits per heavy atom. The smallest absolute Gasteiger partial charge is 0.335 e. The highest BCUT2D eigenvalue weighted by atomic mass is 16.4. The molecular formula is C11H13NO5. The van der Waals surface area contributed by atoms with Crippen molar-refractivity contribution in [3.63, 3.8) is 0 Å². The fourth-order valence-corrected chi connectivity index (χ4v) is 1.17. The lowest BCUT2D eigenvalue weighted by Gasteiger charge is -2.13. The fraction of sp³-hybridized carbons (Fsp3) is 0.273. The molecule has 92 valence electrons. The molecule has 0 spiro atoms. The maximum absolute atomic E-state index is 11.3. The van der Waals surface area contributed by atoms with Crippen molar-refractivity contribution in [2.24, 2.45) is 0 Å². The second-order valence-electron chi connectivity index (χ2n) is 3.43. The van der Waals surface area contributed by atoms with Gasteiger partial charge >= 0.3 is 5.97 Å². The van der Waals surface area contributed by atoms with E-state index in [1.807, 2.05) is 6.07 Å². The van der Waals surface area contributed by atoms with E-state index in [9.17, 15) is 14.7 Å². The van der Waals surface area contributed by atoms with Gasteiger partial charge in [0.2, 0.25) is 0 Å². The van der Waals surface area contributed by atoms with Gasteiger partial charge in [-0.3, -0.25) is 4.79 Å². The van der Waals surface area contributed by atoms with Crippen molar-refractivity contribution in [3.05, 3.63) is 35.9 Å². The van der Waals surface area contributed by atoms with Crippen LogP contribution in [0.1, 0.15) is 5.56 Å². The van der Waals surface area contributed by atoms with E-state index in [1.54, 1.807) is 24.3 Å². The van der Waals surface area contributed by atoms with E-state index in [-0.39, 0.29) is 6.54 Å². The molecule has 0 bridgehead atoms. The Morgan fingerprint density at radius 2 is 1.71 bits per heavy atom. The summed E-state index contributed by atoms with van der Waals surface area (Å²) in [4.78, 5) is 21.6. The van der Waals surface area contributed by atoms with Gasteiger partial charge in [0.05, 0.1) is 0 Å². The molecule has 2 unspecified atom stereocenters. The first-order chi connectivity index (χ1) is 8.02. The highest BCUT2D eigenvalue weighted by Crippen LogP contribution is 1.99. The molecule has 0 aromatic heterocycles. The zero-order chi connectivity index (χ0) is 12.8. The summed E-state index contributed by atoms with van der Waals surface area (Å²) in [5.74, 6) is -2.57. The topological polar surface area (TPSA) is 107 Å². The van der Waals surface area contributed by atoms with Gasteiger partial charge in [0.15, 0.2) is 12.2 Å². The molecule has 17 heavy (non-hydrogen) atoms. The van der Waals surface area contributed by atoms with E-state index >= 15 is 0 Å². The van der Waals surface area contributed by atoms with E-state index in [0.717, 1.165) is 5.56 Å². The number of aliphatic carboxylic acids is 1. The number of nitrogens with one attached hydrogen (secondary N) is 1. The molecule has 0 saturated carbocycles. The lowest BCUT2D eigenvalue weighted by Crippen LogP contribution is -2.45. The van der Waals surface area contributed by atoms with E-state index < -0.39 is 24.1 Å². The Bertz CT molecular complexity index is 392. The maximum Gasteiger partial charge on any atom is 0.335 e. The largest absolute Gasteiger partial charge is 0.479 e. The number of aliphatic hydroxyl groups excluding tert-OH is 2. The van der Waals surface area contributed by atoms with Crippen LogP contribution in [-0.2, 0) is 16.1 Å². The molecular weight excluding hydrogens is 226 g/mol. The number of carbonyl (C=O) groups is 2. The van der Waals surface area contributed by atoms with Gasteiger partial charge in [-0.2, -0.15) is 0 Å². The third-order valence-corrected chi connectivity index (χ3v) is 2.13. The molecule has 0 heterocycles. The predicted molar refractivity (Wildman–Crippen MR) is 57.9 cm³/mol. The van der Waals surface area contributed by atoms with E-state index in [4.69, 9.17) is 10.2 Å². The van der Waals surface area contributed by atoms with Gasteiger partial charge in [0, 0.05) is 6.54 Å². The number of carbonyl (C=O) groups excluding carboxylic acids is 1. The van der Waals surface area contributed by atoms with Crippen molar-refractivity contribution in [2.75, 3.05) is 0 Å². The molecule has 0 radical (unpaired) electrons. The summed E-state index contributed by atoms with van der Waals surface area (Å²) in [5, 5.41) is 28.9. The molecule has 0 aliphatic heterocycles. The molecule has 0 aliphatic rings. The summed E-state index contributed by atoms with van der Waals surface area (Å²) >= 11 is 0. The predicted octanol–water partition coefficient (Wildman–Crippen LogP) is -0.891. The Balaban J connectivity index is 2.47. The van der Waals surface area contributed by atoms with Gasteiger partial charge in [-0.05, 0) is 5.56 Å². The molecule has 4 N–H and O–H groups in total. The van der Waals surface area contributed by atoms with Crippen LogP contribution in [0.5, 0.6) is 0 Å². The quantitative estimate of drug-likeness (QED) is 0.533. The minimum atomic E-state index is -2.12. The summed E-state index contributed by atoms with van der Waals surface area (Å²) in [6.45, 7) is 0.156. The van der Waals surface area contributed by atoms with Gasteiger partial charge in [-0.15, -0.1) is 0 Å². The molecule has 1 aromatic rings. The van der Waals surface area contributed by atoms with Crippen LogP contribution in [0.4, 0.5) is 0 Å². The Hall–Kier alpha value is -1.92. The Morgan fingerprint density at radius 1 is 1.12 bits per heavy atom. The van der Waals surface area contributed by atoms with E-state index in [1.165, 1.54) is 0 Å². The first-order valence-corrected chi connectivity index (χ1v) is 4.93. The summed E-state index contributed by atoms with van der Waals surface area (Å²) in [6.07, 6.45) is -4.10. The van der Waals surface area contributed by atoms with Gasteiger partial charge < -0.3 is 20.6 Å². The average Bonchev–Trinajstić information content (AvgIpc) is 2.35. The van der Waals surface area contributed by atoms with Crippen molar-refractivity contribution >= 4 is 11.9 Å². The van der Waals surface area contributed by atoms with Crippen molar-refractivity contribution in [3.8, 4) is 0 Å². The van der Waals surface area contributed by atoms with Crippen molar-refractivity contribution in [2.45, 2.75) is 18.8 Å². The van der Waals surface area contributed by atoms with Crippen LogP contribution in [-0.4, -0.2) is 39.4 Å². The first-order valence-electron chi connectivity index (χ1n) is 4.93. The highest BCUT2D eigenvalue weighted by Gasteiger charge is 2.29. The second-order valence-corrected chi connectivity index (χ2v) is 3.43. The standard InChI is InChI=1S/C11H13NO5/c13-8(9(14)11(16)17)10(15)12-6-7-4-2-1-3-5-7/h1-5,8-9,13-14H,6H2,(H,12,15)(H,16,17). The van der Waals surface area contributed by atoms with Gasteiger partial charge in [0.25, 0.3) is 5.91 Å². The van der Waals surface area contributed by atoms with Gasteiger partial charge in [-0.1, -0.05) is 30.3 Å². The van der Waals surface area contributed by atoms with Crippen molar-refractivity contribution in [1.82, 2.24) is 5.32 Å². The Kier molecular flexibility index (Phi) is 4.62. The van der Waals surface area contributed by atoms with E-state index in [2.05, 4.69) is 5.32 Å². The second kappa shape index (κ2) is 5.97. The number of carboxylic acid groups (broad SMARTS) is 1. The normalized spacial score (nSPS) is 13.8. The van der Waals surface area contributed by atoms with Gasteiger partial charge in [-0.25, -0.2) is 4.79 Å². The molecule has 0 aliphatic carbocycles. The third-order valence-electron chi connectivity index (χ3n) is 2.13. The van der Waals surface area contributed by atoms with Crippen LogP contribution in [0, 0.1) is 0 Å². The molecule has 1 rings (SSSR count). The first kappa shape index (κ1) is 13.1. The van der Waals surface area contributed by atoms with Crippen LogP contribution >= 0.6 is 0 Å². The number of hydrogen-bond donors (Lipinski definition) is 4. The lowest BCUT2D eigenvalue weighted by molar-refractivity contribution is -0.158. The number of amides is 1. The van der Waals surface area contributed by atoms with Crippen molar-refractivity contribution in [1.29, 1.82) is 0 Å². The number of hydrogen-bond acceptors (Lipinski definition) is 4.